The lowest BCUT2D eigenvalue weighted by atomic mass is 10.1. The van der Waals surface area contributed by atoms with E-state index in [0.29, 0.717) is 16.6 Å². The first kappa shape index (κ1) is 14.1. The smallest absolute Gasteiger partial charge is 0.137 e. The monoisotopic (exact) mass is 346 g/mol. The summed E-state index contributed by atoms with van der Waals surface area (Å²) in [6.45, 7) is 0. The highest BCUT2D eigenvalue weighted by molar-refractivity contribution is 9.10. The second kappa shape index (κ2) is 5.87. The highest BCUT2D eigenvalue weighted by Gasteiger charge is 2.12. The third-order valence-electron chi connectivity index (χ3n) is 3.22. The van der Waals surface area contributed by atoms with Gasteiger partial charge in [0.25, 0.3) is 0 Å². The number of hydrogen-bond donors (Lipinski definition) is 1. The van der Waals surface area contributed by atoms with Gasteiger partial charge in [0.05, 0.1) is 27.4 Å². The third kappa shape index (κ3) is 3.09. The van der Waals surface area contributed by atoms with Crippen molar-refractivity contribution in [2.24, 2.45) is 0 Å². The molecular formula is C16H12BrFN2O. The molecule has 0 spiro atoms. The largest absolute Gasteiger partial charge is 0.386 e. The van der Waals surface area contributed by atoms with E-state index >= 15 is 0 Å². The molecule has 1 heterocycles. The number of halogens is 2. The molecule has 0 radical (unpaired) electrons. The molecule has 1 aromatic heterocycles. The van der Waals surface area contributed by atoms with Gasteiger partial charge in [0.1, 0.15) is 11.9 Å². The molecule has 3 nitrogen and oxygen atoms in total. The van der Waals surface area contributed by atoms with Crippen molar-refractivity contribution in [3.8, 4) is 0 Å². The van der Waals surface area contributed by atoms with E-state index in [2.05, 4.69) is 25.9 Å². The van der Waals surface area contributed by atoms with E-state index in [-0.39, 0.29) is 5.82 Å². The van der Waals surface area contributed by atoms with Crippen LogP contribution in [0.1, 0.15) is 17.4 Å². The molecule has 0 aliphatic carbocycles. The number of benzene rings is 2. The summed E-state index contributed by atoms with van der Waals surface area (Å²) in [6, 6.07) is 12.2. The Labute approximate surface area is 129 Å². The lowest BCUT2D eigenvalue weighted by Gasteiger charge is -2.11. The molecule has 5 heteroatoms. The first-order chi connectivity index (χ1) is 10.1. The maximum atomic E-state index is 13.2. The van der Waals surface area contributed by atoms with Crippen molar-refractivity contribution in [2.75, 3.05) is 0 Å². The summed E-state index contributed by atoms with van der Waals surface area (Å²) in [7, 11) is 0. The van der Waals surface area contributed by atoms with Crippen LogP contribution in [0.3, 0.4) is 0 Å². The Hall–Kier alpha value is -1.85. The van der Waals surface area contributed by atoms with Crippen LogP contribution in [0.25, 0.3) is 11.0 Å². The zero-order valence-corrected chi connectivity index (χ0v) is 12.6. The summed E-state index contributed by atoms with van der Waals surface area (Å²) in [4.78, 5) is 8.70. The van der Waals surface area contributed by atoms with Gasteiger partial charge in [-0.25, -0.2) is 9.37 Å². The molecule has 1 N–H and O–H groups in total. The molecule has 0 bridgehead atoms. The average Bonchev–Trinajstić information content (AvgIpc) is 2.50. The molecule has 3 aromatic rings. The highest BCUT2D eigenvalue weighted by atomic mass is 79.9. The fourth-order valence-corrected chi connectivity index (χ4v) is 2.55. The van der Waals surface area contributed by atoms with E-state index < -0.39 is 6.10 Å². The molecule has 0 fully saturated rings. The minimum absolute atomic E-state index is 0.321. The van der Waals surface area contributed by atoms with E-state index in [4.69, 9.17) is 0 Å². The number of aliphatic hydroxyl groups excluding tert-OH is 1. The summed E-state index contributed by atoms with van der Waals surface area (Å²) in [5.41, 5.74) is 2.87. The van der Waals surface area contributed by atoms with Gasteiger partial charge in [-0.05, 0) is 45.8 Å². The number of nitrogens with zero attached hydrogens (tertiary/aromatic N) is 2. The van der Waals surface area contributed by atoms with E-state index in [1.54, 1.807) is 18.3 Å². The quantitative estimate of drug-likeness (QED) is 0.784. The Morgan fingerprint density at radius 3 is 2.67 bits per heavy atom. The van der Waals surface area contributed by atoms with Gasteiger partial charge in [0, 0.05) is 6.42 Å². The maximum absolute atomic E-state index is 13.2. The van der Waals surface area contributed by atoms with Crippen LogP contribution in [0.2, 0.25) is 0 Å². The van der Waals surface area contributed by atoms with E-state index in [1.165, 1.54) is 6.07 Å². The van der Waals surface area contributed by atoms with Crippen LogP contribution < -0.4 is 0 Å². The molecule has 0 amide bonds. The number of fused-ring (bicyclic) bond motifs is 1. The molecule has 0 saturated heterocycles. The molecule has 3 rings (SSSR count). The van der Waals surface area contributed by atoms with Crippen molar-refractivity contribution in [1.82, 2.24) is 9.97 Å². The summed E-state index contributed by atoms with van der Waals surface area (Å²) in [5.74, 6) is -0.321. The van der Waals surface area contributed by atoms with Crippen molar-refractivity contribution in [3.63, 3.8) is 0 Å². The number of aliphatic hydroxyl groups is 1. The highest BCUT2D eigenvalue weighted by Crippen LogP contribution is 2.22. The van der Waals surface area contributed by atoms with Crippen LogP contribution in [0.4, 0.5) is 4.39 Å². The Morgan fingerprint density at radius 1 is 1.14 bits per heavy atom. The molecule has 106 valence electrons. The van der Waals surface area contributed by atoms with Gasteiger partial charge in [0.15, 0.2) is 0 Å². The number of rotatable bonds is 3. The Bertz CT molecular complexity index is 794. The zero-order valence-electron chi connectivity index (χ0n) is 11.0. The molecule has 1 atom stereocenters. The Balaban J connectivity index is 1.85. The number of hydrogen-bond acceptors (Lipinski definition) is 3. The fraction of sp³-hybridized carbons (Fsp3) is 0.125. The van der Waals surface area contributed by atoms with Crippen LogP contribution in [-0.2, 0) is 6.42 Å². The second-order valence-electron chi connectivity index (χ2n) is 4.75. The lowest BCUT2D eigenvalue weighted by molar-refractivity contribution is 0.173. The number of para-hydroxylation sites is 2. The van der Waals surface area contributed by atoms with Crippen LogP contribution in [0, 0.1) is 5.82 Å². The molecular weight excluding hydrogens is 335 g/mol. The number of aromatic nitrogens is 2. The normalized spacial score (nSPS) is 12.5. The lowest BCUT2D eigenvalue weighted by Crippen LogP contribution is -2.05. The standard InChI is InChI=1S/C16H12BrFN2O/c17-11-7-10(5-6-12(11)18)8-16(21)15-9-19-13-3-1-2-4-14(13)20-15/h1-7,9,16,21H,8H2. The van der Waals surface area contributed by atoms with Crippen molar-refractivity contribution in [1.29, 1.82) is 0 Å². The minimum Gasteiger partial charge on any atom is -0.386 e. The molecule has 21 heavy (non-hydrogen) atoms. The van der Waals surface area contributed by atoms with E-state index in [0.717, 1.165) is 16.6 Å². The molecule has 2 aromatic carbocycles. The maximum Gasteiger partial charge on any atom is 0.137 e. The van der Waals surface area contributed by atoms with Crippen molar-refractivity contribution in [2.45, 2.75) is 12.5 Å². The van der Waals surface area contributed by atoms with E-state index in [1.807, 2.05) is 24.3 Å². The van der Waals surface area contributed by atoms with Crippen LogP contribution in [0.5, 0.6) is 0 Å². The molecule has 0 aliphatic heterocycles. The summed E-state index contributed by atoms with van der Waals surface area (Å²) in [5, 5.41) is 10.3. The second-order valence-corrected chi connectivity index (χ2v) is 5.61. The van der Waals surface area contributed by atoms with Crippen molar-refractivity contribution >= 4 is 27.0 Å². The molecule has 1 unspecified atom stereocenters. The summed E-state index contributed by atoms with van der Waals surface area (Å²) < 4.78 is 13.6. The predicted octanol–water partition coefficient (Wildman–Crippen LogP) is 3.81. The summed E-state index contributed by atoms with van der Waals surface area (Å²) in [6.07, 6.45) is 1.15. The topological polar surface area (TPSA) is 46.0 Å². The molecule has 0 aliphatic rings. The van der Waals surface area contributed by atoms with Gasteiger partial charge in [-0.15, -0.1) is 0 Å². The zero-order chi connectivity index (χ0) is 14.8. The molecule has 0 saturated carbocycles. The van der Waals surface area contributed by atoms with Gasteiger partial charge in [-0.1, -0.05) is 18.2 Å². The SMILES string of the molecule is OC(Cc1ccc(F)c(Br)c1)c1cnc2ccccc2n1. The summed E-state index contributed by atoms with van der Waals surface area (Å²) >= 11 is 3.14. The van der Waals surface area contributed by atoms with Gasteiger partial charge in [-0.3, -0.25) is 4.98 Å². The Kier molecular flexibility index (Phi) is 3.94. The predicted molar refractivity (Wildman–Crippen MR) is 82.3 cm³/mol. The fourth-order valence-electron chi connectivity index (χ4n) is 2.13. The first-order valence-corrected chi connectivity index (χ1v) is 7.26. The van der Waals surface area contributed by atoms with Gasteiger partial charge < -0.3 is 5.11 Å². The van der Waals surface area contributed by atoms with Gasteiger partial charge in [-0.2, -0.15) is 0 Å². The van der Waals surface area contributed by atoms with E-state index in [9.17, 15) is 9.50 Å². The van der Waals surface area contributed by atoms with Gasteiger partial charge in [0.2, 0.25) is 0 Å². The van der Waals surface area contributed by atoms with Gasteiger partial charge >= 0.3 is 0 Å². The minimum atomic E-state index is -0.778. The van der Waals surface area contributed by atoms with Crippen LogP contribution in [-0.4, -0.2) is 15.1 Å². The average molecular weight is 347 g/mol. The van der Waals surface area contributed by atoms with Crippen molar-refractivity contribution in [3.05, 3.63) is 70.2 Å². The Morgan fingerprint density at radius 2 is 1.90 bits per heavy atom. The third-order valence-corrected chi connectivity index (χ3v) is 3.83. The van der Waals surface area contributed by atoms with Crippen LogP contribution in [0.15, 0.2) is 53.1 Å². The first-order valence-electron chi connectivity index (χ1n) is 6.47. The van der Waals surface area contributed by atoms with Crippen LogP contribution >= 0.6 is 15.9 Å². The van der Waals surface area contributed by atoms with Crippen molar-refractivity contribution < 1.29 is 9.50 Å².